The van der Waals surface area contributed by atoms with Gasteiger partial charge in [0.05, 0.1) is 0 Å². The molecule has 0 aliphatic rings. The summed E-state index contributed by atoms with van der Waals surface area (Å²) in [5.41, 5.74) is 0.807. The van der Waals surface area contributed by atoms with Gasteiger partial charge in [-0.2, -0.15) is 0 Å². The Balaban J connectivity index is 3.23. The van der Waals surface area contributed by atoms with Crippen molar-refractivity contribution in [2.45, 2.75) is 9.79 Å². The summed E-state index contributed by atoms with van der Waals surface area (Å²) in [6.45, 7) is 0. The molecule has 0 aliphatic carbocycles. The molecule has 50 valence electrons. The number of terminal acetylenes is 1. The van der Waals surface area contributed by atoms with Crippen molar-refractivity contribution in [3.05, 3.63) is 23.8 Å². The van der Waals surface area contributed by atoms with Gasteiger partial charge in [0.2, 0.25) is 0 Å². The standard InChI is InChI=1S/C8H6S2/c1-2-6-3-4-7(9)5-8(6)10/h1,3-5,9-10H. The van der Waals surface area contributed by atoms with Crippen LogP contribution in [0, 0.1) is 12.3 Å². The molecule has 1 rings (SSSR count). The lowest BCUT2D eigenvalue weighted by atomic mass is 10.2. The van der Waals surface area contributed by atoms with Crippen LogP contribution in [-0.2, 0) is 0 Å². The number of hydrogen-bond acceptors (Lipinski definition) is 2. The van der Waals surface area contributed by atoms with Crippen molar-refractivity contribution in [2.24, 2.45) is 0 Å². The Hall–Kier alpha value is -0.520. The van der Waals surface area contributed by atoms with E-state index < -0.39 is 0 Å². The predicted octanol–water partition coefficient (Wildman–Crippen LogP) is 2.25. The van der Waals surface area contributed by atoms with Crippen molar-refractivity contribution in [1.82, 2.24) is 0 Å². The fraction of sp³-hybridized carbons (Fsp3) is 0. The van der Waals surface area contributed by atoms with Crippen molar-refractivity contribution in [1.29, 1.82) is 0 Å². The number of hydrogen-bond donors (Lipinski definition) is 2. The summed E-state index contributed by atoms with van der Waals surface area (Å²) in [5, 5.41) is 0. The van der Waals surface area contributed by atoms with E-state index in [0.29, 0.717) is 0 Å². The van der Waals surface area contributed by atoms with E-state index in [1.54, 1.807) is 0 Å². The van der Waals surface area contributed by atoms with Gasteiger partial charge in [-0.05, 0) is 18.2 Å². The molecule has 0 spiro atoms. The van der Waals surface area contributed by atoms with Crippen molar-refractivity contribution < 1.29 is 0 Å². The van der Waals surface area contributed by atoms with E-state index in [1.807, 2.05) is 18.2 Å². The molecule has 10 heavy (non-hydrogen) atoms. The molecule has 0 atom stereocenters. The molecule has 0 nitrogen and oxygen atoms in total. The molecular weight excluding hydrogens is 160 g/mol. The second-order valence-electron chi connectivity index (χ2n) is 1.85. The molecule has 0 fully saturated rings. The van der Waals surface area contributed by atoms with Gasteiger partial charge >= 0.3 is 0 Å². The number of benzene rings is 1. The zero-order valence-electron chi connectivity index (χ0n) is 5.20. The first-order valence-electron chi connectivity index (χ1n) is 2.72. The van der Waals surface area contributed by atoms with Crippen LogP contribution in [0.2, 0.25) is 0 Å². The Morgan fingerprint density at radius 2 is 2.00 bits per heavy atom. The van der Waals surface area contributed by atoms with Crippen LogP contribution in [-0.4, -0.2) is 0 Å². The van der Waals surface area contributed by atoms with E-state index in [-0.39, 0.29) is 0 Å². The summed E-state index contributed by atoms with van der Waals surface area (Å²) < 4.78 is 0. The van der Waals surface area contributed by atoms with Crippen molar-refractivity contribution in [3.63, 3.8) is 0 Å². The molecule has 0 heterocycles. The summed E-state index contributed by atoms with van der Waals surface area (Å²) in [5.74, 6) is 2.51. The van der Waals surface area contributed by atoms with Crippen molar-refractivity contribution in [2.75, 3.05) is 0 Å². The van der Waals surface area contributed by atoms with Gasteiger partial charge in [-0.15, -0.1) is 31.7 Å². The molecule has 1 aromatic rings. The maximum atomic E-state index is 5.18. The molecule has 0 saturated heterocycles. The van der Waals surface area contributed by atoms with E-state index in [4.69, 9.17) is 6.42 Å². The SMILES string of the molecule is C#Cc1ccc(S)cc1S. The van der Waals surface area contributed by atoms with Gasteiger partial charge < -0.3 is 0 Å². The normalized spacial score (nSPS) is 8.90. The fourth-order valence-corrected chi connectivity index (χ4v) is 1.23. The number of rotatable bonds is 0. The van der Waals surface area contributed by atoms with Crippen molar-refractivity contribution >= 4 is 25.3 Å². The Bertz CT molecular complexity index is 284. The quantitative estimate of drug-likeness (QED) is 0.428. The maximum absolute atomic E-state index is 5.18. The first kappa shape index (κ1) is 7.59. The zero-order valence-corrected chi connectivity index (χ0v) is 6.99. The van der Waals surface area contributed by atoms with Crippen LogP contribution in [0.15, 0.2) is 28.0 Å². The predicted molar refractivity (Wildman–Crippen MR) is 48.9 cm³/mol. The van der Waals surface area contributed by atoms with Gasteiger partial charge in [-0.1, -0.05) is 5.92 Å². The maximum Gasteiger partial charge on any atom is 0.0376 e. The van der Waals surface area contributed by atoms with Gasteiger partial charge in [-0.3, -0.25) is 0 Å². The first-order chi connectivity index (χ1) is 4.74. The van der Waals surface area contributed by atoms with Crippen LogP contribution in [0.3, 0.4) is 0 Å². The Labute approximate surface area is 71.5 Å². The molecule has 0 saturated carbocycles. The Morgan fingerprint density at radius 3 is 2.50 bits per heavy atom. The highest BCUT2D eigenvalue weighted by molar-refractivity contribution is 7.81. The topological polar surface area (TPSA) is 0 Å². The van der Waals surface area contributed by atoms with E-state index in [9.17, 15) is 0 Å². The third kappa shape index (κ3) is 1.50. The highest BCUT2D eigenvalue weighted by atomic mass is 32.1. The van der Waals surface area contributed by atoms with Crippen LogP contribution in [0.25, 0.3) is 0 Å². The molecule has 0 N–H and O–H groups in total. The lowest BCUT2D eigenvalue weighted by Crippen LogP contribution is -1.76. The van der Waals surface area contributed by atoms with Gasteiger partial charge in [0.1, 0.15) is 0 Å². The molecule has 0 radical (unpaired) electrons. The van der Waals surface area contributed by atoms with Crippen LogP contribution >= 0.6 is 25.3 Å². The van der Waals surface area contributed by atoms with Gasteiger partial charge in [0.15, 0.2) is 0 Å². The van der Waals surface area contributed by atoms with Crippen molar-refractivity contribution in [3.8, 4) is 12.3 Å². The lowest BCUT2D eigenvalue weighted by molar-refractivity contribution is 1.32. The Kier molecular flexibility index (Phi) is 2.31. The average molecular weight is 166 g/mol. The molecular formula is C8H6S2. The smallest absolute Gasteiger partial charge is 0.0376 e. The minimum absolute atomic E-state index is 0.801. The monoisotopic (exact) mass is 166 g/mol. The van der Waals surface area contributed by atoms with Gasteiger partial charge in [-0.25, -0.2) is 0 Å². The van der Waals surface area contributed by atoms with Gasteiger partial charge in [0.25, 0.3) is 0 Å². The van der Waals surface area contributed by atoms with E-state index in [0.717, 1.165) is 15.4 Å². The van der Waals surface area contributed by atoms with E-state index in [2.05, 4.69) is 31.2 Å². The fourth-order valence-electron chi connectivity index (χ4n) is 0.642. The van der Waals surface area contributed by atoms with Crippen LogP contribution in [0.1, 0.15) is 5.56 Å². The second kappa shape index (κ2) is 3.05. The Morgan fingerprint density at radius 1 is 1.30 bits per heavy atom. The van der Waals surface area contributed by atoms with Gasteiger partial charge in [0, 0.05) is 15.4 Å². The molecule has 0 bridgehead atoms. The summed E-state index contributed by atoms with van der Waals surface area (Å²) >= 11 is 8.28. The van der Waals surface area contributed by atoms with Crippen LogP contribution in [0.4, 0.5) is 0 Å². The summed E-state index contributed by atoms with van der Waals surface area (Å²) in [4.78, 5) is 1.68. The molecule has 1 aromatic carbocycles. The van der Waals surface area contributed by atoms with Crippen LogP contribution < -0.4 is 0 Å². The largest absolute Gasteiger partial charge is 0.143 e. The molecule has 0 aromatic heterocycles. The highest BCUT2D eigenvalue weighted by Crippen LogP contribution is 2.16. The third-order valence-corrected chi connectivity index (χ3v) is 1.78. The highest BCUT2D eigenvalue weighted by Gasteiger charge is 1.93. The number of thiol groups is 2. The summed E-state index contributed by atoms with van der Waals surface area (Å²) in [6, 6.07) is 5.49. The first-order valence-corrected chi connectivity index (χ1v) is 3.62. The van der Waals surface area contributed by atoms with E-state index >= 15 is 0 Å². The summed E-state index contributed by atoms with van der Waals surface area (Å²) in [7, 11) is 0. The zero-order chi connectivity index (χ0) is 7.56. The minimum atomic E-state index is 0.801. The minimum Gasteiger partial charge on any atom is -0.143 e. The molecule has 0 amide bonds. The molecule has 2 heteroatoms. The summed E-state index contributed by atoms with van der Waals surface area (Å²) in [6.07, 6.45) is 5.18. The molecule has 0 unspecified atom stereocenters. The molecule has 0 aliphatic heterocycles. The van der Waals surface area contributed by atoms with Crippen LogP contribution in [0.5, 0.6) is 0 Å². The lowest BCUT2D eigenvalue weighted by Gasteiger charge is -1.96. The van der Waals surface area contributed by atoms with E-state index in [1.165, 1.54) is 0 Å². The second-order valence-corrected chi connectivity index (χ2v) is 2.84. The average Bonchev–Trinajstić information content (AvgIpc) is 1.88. The third-order valence-electron chi connectivity index (χ3n) is 1.14.